The minimum absolute atomic E-state index is 0.257. The lowest BCUT2D eigenvalue weighted by Crippen LogP contribution is -2.46. The van der Waals surface area contributed by atoms with Crippen molar-refractivity contribution in [2.24, 2.45) is 0 Å². The highest BCUT2D eigenvalue weighted by Crippen LogP contribution is 2.26. The second-order valence-corrected chi connectivity index (χ2v) is 8.56. The van der Waals surface area contributed by atoms with Crippen molar-refractivity contribution in [2.75, 3.05) is 16.9 Å². The third kappa shape index (κ3) is 4.81. The van der Waals surface area contributed by atoms with E-state index in [0.717, 1.165) is 5.01 Å². The van der Waals surface area contributed by atoms with Crippen LogP contribution in [0.1, 0.15) is 45.5 Å². The van der Waals surface area contributed by atoms with Crippen LogP contribution in [-0.2, 0) is 9.53 Å². The Hall–Kier alpha value is -1.35. The van der Waals surface area contributed by atoms with Gasteiger partial charge in [0.1, 0.15) is 16.7 Å². The molecule has 1 aromatic heterocycles. The zero-order valence-corrected chi connectivity index (χ0v) is 15.6. The van der Waals surface area contributed by atoms with Gasteiger partial charge in [-0.3, -0.25) is 15.0 Å². The predicted molar refractivity (Wildman–Crippen MR) is 91.8 cm³/mol. The number of thioether (sulfide) groups is 1. The number of anilines is 1. The van der Waals surface area contributed by atoms with E-state index in [1.807, 2.05) is 13.8 Å². The molecule has 0 aliphatic carbocycles. The standard InChI is InChI=1S/C14H22N4O3S2/c1-8(2)11-16-17-12(23-11)15-10(19)9-6-22-7-18(9)13(20)21-14(3,4)5/h8-9H,6-7H2,1-5H3,(H,15,17,19)/t9-/m0/s1. The van der Waals surface area contributed by atoms with Crippen molar-refractivity contribution in [1.29, 1.82) is 0 Å². The van der Waals surface area contributed by atoms with Gasteiger partial charge in [0.05, 0.1) is 5.88 Å². The van der Waals surface area contributed by atoms with Crippen molar-refractivity contribution in [1.82, 2.24) is 15.1 Å². The van der Waals surface area contributed by atoms with E-state index >= 15 is 0 Å². The van der Waals surface area contributed by atoms with Crippen LogP contribution in [-0.4, -0.2) is 50.4 Å². The quantitative estimate of drug-likeness (QED) is 0.894. The highest BCUT2D eigenvalue weighted by Gasteiger charge is 2.37. The highest BCUT2D eigenvalue weighted by atomic mass is 32.2. The summed E-state index contributed by atoms with van der Waals surface area (Å²) in [5.74, 6) is 0.993. The van der Waals surface area contributed by atoms with Gasteiger partial charge in [0.2, 0.25) is 11.0 Å². The first-order valence-electron chi connectivity index (χ1n) is 7.39. The van der Waals surface area contributed by atoms with Crippen LogP contribution in [0.2, 0.25) is 0 Å². The minimum Gasteiger partial charge on any atom is -0.444 e. The van der Waals surface area contributed by atoms with E-state index in [1.54, 1.807) is 20.8 Å². The Bertz CT molecular complexity index is 583. The van der Waals surface area contributed by atoms with Crippen molar-refractivity contribution >= 4 is 40.2 Å². The van der Waals surface area contributed by atoms with Crippen molar-refractivity contribution < 1.29 is 14.3 Å². The molecule has 1 N–H and O–H groups in total. The van der Waals surface area contributed by atoms with Gasteiger partial charge in [-0.05, 0) is 20.8 Å². The number of aromatic nitrogens is 2. The Kier molecular flexibility index (Phi) is 5.51. The SMILES string of the molecule is CC(C)c1nnc(NC(=O)[C@@H]2CSCN2C(=O)OC(C)(C)C)s1. The summed E-state index contributed by atoms with van der Waals surface area (Å²) in [4.78, 5) is 26.1. The molecule has 23 heavy (non-hydrogen) atoms. The Labute approximate surface area is 144 Å². The van der Waals surface area contributed by atoms with E-state index < -0.39 is 17.7 Å². The van der Waals surface area contributed by atoms with Crippen LogP contribution in [0.3, 0.4) is 0 Å². The van der Waals surface area contributed by atoms with Crippen LogP contribution in [0, 0.1) is 0 Å². The van der Waals surface area contributed by atoms with Crippen LogP contribution in [0.25, 0.3) is 0 Å². The van der Waals surface area contributed by atoms with Crippen LogP contribution in [0.5, 0.6) is 0 Å². The van der Waals surface area contributed by atoms with E-state index in [-0.39, 0.29) is 11.8 Å². The molecule has 1 fully saturated rings. The predicted octanol–water partition coefficient (Wildman–Crippen LogP) is 2.91. The van der Waals surface area contributed by atoms with Crippen LogP contribution in [0.15, 0.2) is 0 Å². The van der Waals surface area contributed by atoms with Gasteiger partial charge in [0.15, 0.2) is 0 Å². The molecule has 0 saturated carbocycles. The second-order valence-electron chi connectivity index (χ2n) is 6.56. The molecule has 128 valence electrons. The Morgan fingerprint density at radius 1 is 1.35 bits per heavy atom. The summed E-state index contributed by atoms with van der Waals surface area (Å²) in [6.45, 7) is 9.45. The highest BCUT2D eigenvalue weighted by molar-refractivity contribution is 7.99. The summed E-state index contributed by atoms with van der Waals surface area (Å²) < 4.78 is 5.36. The van der Waals surface area contributed by atoms with E-state index in [0.29, 0.717) is 16.8 Å². The molecule has 9 heteroatoms. The van der Waals surface area contributed by atoms with E-state index in [9.17, 15) is 9.59 Å². The monoisotopic (exact) mass is 358 g/mol. The largest absolute Gasteiger partial charge is 0.444 e. The molecule has 0 spiro atoms. The molecular formula is C14H22N4O3S2. The maximum atomic E-state index is 12.4. The van der Waals surface area contributed by atoms with Crippen molar-refractivity contribution in [2.45, 2.75) is 52.2 Å². The summed E-state index contributed by atoms with van der Waals surface area (Å²) in [6, 6.07) is -0.554. The molecule has 2 rings (SSSR count). The molecule has 2 amide bonds. The summed E-state index contributed by atoms with van der Waals surface area (Å²) in [7, 11) is 0. The number of hydrogen-bond acceptors (Lipinski definition) is 7. The molecule has 1 aliphatic heterocycles. The van der Waals surface area contributed by atoms with E-state index in [1.165, 1.54) is 28.0 Å². The van der Waals surface area contributed by atoms with Gasteiger partial charge in [-0.25, -0.2) is 4.79 Å². The number of rotatable bonds is 3. The minimum atomic E-state index is -0.587. The number of hydrogen-bond donors (Lipinski definition) is 1. The van der Waals surface area contributed by atoms with Crippen LogP contribution < -0.4 is 5.32 Å². The number of nitrogens with zero attached hydrogens (tertiary/aromatic N) is 3. The van der Waals surface area contributed by atoms with Gasteiger partial charge >= 0.3 is 6.09 Å². The van der Waals surface area contributed by atoms with E-state index in [2.05, 4.69) is 15.5 Å². The van der Waals surface area contributed by atoms with Gasteiger partial charge in [0.25, 0.3) is 0 Å². The summed E-state index contributed by atoms with van der Waals surface area (Å²) in [5, 5.41) is 12.1. The fraction of sp³-hybridized carbons (Fsp3) is 0.714. The zero-order chi connectivity index (χ0) is 17.2. The maximum absolute atomic E-state index is 12.4. The second kappa shape index (κ2) is 7.04. The molecule has 1 aromatic rings. The third-order valence-corrected chi connectivity index (χ3v) is 5.13. The van der Waals surface area contributed by atoms with Gasteiger partial charge in [-0.2, -0.15) is 0 Å². The van der Waals surface area contributed by atoms with Gasteiger partial charge in [-0.1, -0.05) is 25.2 Å². The van der Waals surface area contributed by atoms with E-state index in [4.69, 9.17) is 4.74 Å². The first kappa shape index (κ1) is 18.0. The third-order valence-electron chi connectivity index (χ3n) is 2.98. The lowest BCUT2D eigenvalue weighted by Gasteiger charge is -2.27. The van der Waals surface area contributed by atoms with Crippen molar-refractivity contribution in [3.63, 3.8) is 0 Å². The smallest absolute Gasteiger partial charge is 0.411 e. The van der Waals surface area contributed by atoms with Crippen LogP contribution in [0.4, 0.5) is 9.93 Å². The zero-order valence-electron chi connectivity index (χ0n) is 14.0. The molecule has 7 nitrogen and oxygen atoms in total. The molecule has 1 saturated heterocycles. The lowest BCUT2D eigenvalue weighted by molar-refractivity contribution is -0.120. The van der Waals surface area contributed by atoms with Crippen molar-refractivity contribution in [3.05, 3.63) is 5.01 Å². The topological polar surface area (TPSA) is 84.4 Å². The van der Waals surface area contributed by atoms with Gasteiger partial charge < -0.3 is 4.74 Å². The number of carbonyl (C=O) groups is 2. The first-order chi connectivity index (χ1) is 10.7. The first-order valence-corrected chi connectivity index (χ1v) is 9.36. The lowest BCUT2D eigenvalue weighted by atomic mass is 10.2. The van der Waals surface area contributed by atoms with Crippen molar-refractivity contribution in [3.8, 4) is 0 Å². The molecule has 0 bridgehead atoms. The fourth-order valence-corrected chi connectivity index (χ4v) is 3.76. The number of amides is 2. The number of carbonyl (C=O) groups excluding carboxylic acids is 2. The molecule has 0 radical (unpaired) electrons. The molecule has 1 atom stereocenters. The Balaban J connectivity index is 2.01. The maximum Gasteiger partial charge on any atom is 0.411 e. The number of ether oxygens (including phenoxy) is 1. The molecule has 2 heterocycles. The summed E-state index contributed by atoms with van der Waals surface area (Å²) in [5.41, 5.74) is -0.587. The fourth-order valence-electron chi connectivity index (χ4n) is 1.87. The Morgan fingerprint density at radius 3 is 2.61 bits per heavy atom. The number of nitrogens with one attached hydrogen (secondary N) is 1. The normalized spacial score (nSPS) is 18.3. The van der Waals surface area contributed by atoms with Crippen LogP contribution >= 0.6 is 23.1 Å². The summed E-state index contributed by atoms with van der Waals surface area (Å²) in [6.07, 6.45) is -0.470. The Morgan fingerprint density at radius 2 is 2.04 bits per heavy atom. The van der Waals surface area contributed by atoms with Gasteiger partial charge in [-0.15, -0.1) is 22.0 Å². The molecule has 0 unspecified atom stereocenters. The average molecular weight is 358 g/mol. The molecule has 0 aromatic carbocycles. The summed E-state index contributed by atoms with van der Waals surface area (Å²) >= 11 is 2.88. The van der Waals surface area contributed by atoms with Gasteiger partial charge in [0, 0.05) is 11.7 Å². The molecule has 1 aliphatic rings. The average Bonchev–Trinajstić information content (AvgIpc) is 3.04. The molecular weight excluding hydrogens is 336 g/mol.